The summed E-state index contributed by atoms with van der Waals surface area (Å²) in [7, 11) is 0. The Hall–Kier alpha value is -0.220. The van der Waals surface area contributed by atoms with Crippen LogP contribution in [0.1, 0.15) is 25.7 Å². The van der Waals surface area contributed by atoms with E-state index in [2.05, 4.69) is 28.7 Å². The average molecular weight is 171 g/mol. The zero-order valence-electron chi connectivity index (χ0n) is 6.38. The summed E-state index contributed by atoms with van der Waals surface area (Å²) in [4.78, 5) is 0. The molecule has 0 saturated heterocycles. The molecule has 0 radical (unpaired) electrons. The molecule has 1 aliphatic heterocycles. The van der Waals surface area contributed by atoms with Gasteiger partial charge in [-0.05, 0) is 25.7 Å². The third kappa shape index (κ3) is 1.37. The number of rotatable bonds is 0. The molecule has 0 aromatic rings. The molecule has 0 aromatic carbocycles. The molecule has 0 amide bonds. The lowest BCUT2D eigenvalue weighted by Gasteiger charge is -2.32. The molecule has 0 unspecified atom stereocenters. The highest BCUT2D eigenvalue weighted by atomic mass is 32.1. The van der Waals surface area contributed by atoms with Crippen LogP contribution in [0.3, 0.4) is 0 Å². The third-order valence-electron chi connectivity index (χ3n) is 2.53. The monoisotopic (exact) mass is 171 g/mol. The first-order valence-electron chi connectivity index (χ1n) is 4.05. The normalized spacial score (nSPS) is 42.8. The summed E-state index contributed by atoms with van der Waals surface area (Å²) in [5.74, 6) is 0. The Balaban J connectivity index is 2.00. The lowest BCUT2D eigenvalue weighted by Crippen LogP contribution is -2.49. The van der Waals surface area contributed by atoms with Gasteiger partial charge in [0, 0.05) is 11.5 Å². The maximum Gasteiger partial charge on any atom is 0.0755 e. The lowest BCUT2D eigenvalue weighted by atomic mass is 9.83. The highest BCUT2D eigenvalue weighted by molar-refractivity contribution is 7.80. The van der Waals surface area contributed by atoms with E-state index in [1.54, 1.807) is 0 Å². The summed E-state index contributed by atoms with van der Waals surface area (Å²) >= 11 is 4.44. The van der Waals surface area contributed by atoms with Gasteiger partial charge in [-0.3, -0.25) is 0 Å². The molecule has 11 heavy (non-hydrogen) atoms. The minimum atomic E-state index is 0.152. The molecule has 2 aliphatic rings. The number of hydrogen-bond acceptors (Lipinski definition) is 4. The van der Waals surface area contributed by atoms with Crippen LogP contribution in [0, 0.1) is 0 Å². The van der Waals surface area contributed by atoms with Gasteiger partial charge in [-0.25, -0.2) is 11.0 Å². The van der Waals surface area contributed by atoms with E-state index in [1.807, 2.05) is 6.21 Å². The topological polar surface area (TPSA) is 36.4 Å². The Labute approximate surface area is 72.0 Å². The molecule has 0 aromatic heterocycles. The minimum Gasteiger partial charge on any atom is -0.242 e. The van der Waals surface area contributed by atoms with Crippen LogP contribution >= 0.6 is 12.6 Å². The third-order valence-corrected chi connectivity index (χ3v) is 3.04. The standard InChI is InChI=1S/C7H13N3S/c11-6-1-3-7(4-2-6)5-8-10-9-7/h5-6,9-11H,1-4H2. The van der Waals surface area contributed by atoms with Crippen LogP contribution in [0.2, 0.25) is 0 Å². The molecule has 1 saturated carbocycles. The molecular formula is C7H13N3S. The Morgan fingerprint density at radius 2 is 2.18 bits per heavy atom. The Kier molecular flexibility index (Phi) is 1.81. The van der Waals surface area contributed by atoms with Gasteiger partial charge in [-0.15, -0.1) is 0 Å². The van der Waals surface area contributed by atoms with Gasteiger partial charge in [-0.1, -0.05) is 0 Å². The largest absolute Gasteiger partial charge is 0.242 e. The first kappa shape index (κ1) is 7.43. The van der Waals surface area contributed by atoms with Crippen molar-refractivity contribution in [2.75, 3.05) is 0 Å². The van der Waals surface area contributed by atoms with Gasteiger partial charge in [0.25, 0.3) is 0 Å². The van der Waals surface area contributed by atoms with Crippen molar-refractivity contribution in [2.45, 2.75) is 36.5 Å². The molecule has 1 heterocycles. The lowest BCUT2D eigenvalue weighted by molar-refractivity contribution is 0.313. The first-order valence-corrected chi connectivity index (χ1v) is 4.57. The smallest absolute Gasteiger partial charge is 0.0755 e. The van der Waals surface area contributed by atoms with Gasteiger partial charge in [0.15, 0.2) is 0 Å². The van der Waals surface area contributed by atoms with Gasteiger partial charge >= 0.3 is 0 Å². The number of nitrogens with one attached hydrogen (secondary N) is 2. The molecule has 3 nitrogen and oxygen atoms in total. The number of hydrogen-bond donors (Lipinski definition) is 3. The zero-order valence-corrected chi connectivity index (χ0v) is 7.27. The van der Waals surface area contributed by atoms with Crippen molar-refractivity contribution >= 4 is 18.8 Å². The quantitative estimate of drug-likeness (QED) is 0.469. The second-order valence-corrected chi connectivity index (χ2v) is 4.11. The molecule has 4 heteroatoms. The van der Waals surface area contributed by atoms with Crippen LogP contribution in [0.5, 0.6) is 0 Å². The highest BCUT2D eigenvalue weighted by Crippen LogP contribution is 2.30. The fourth-order valence-electron chi connectivity index (χ4n) is 1.70. The van der Waals surface area contributed by atoms with E-state index >= 15 is 0 Å². The summed E-state index contributed by atoms with van der Waals surface area (Å²) in [5.41, 5.74) is 6.13. The number of hydrazone groups is 1. The van der Waals surface area contributed by atoms with Crippen molar-refractivity contribution < 1.29 is 0 Å². The van der Waals surface area contributed by atoms with Gasteiger partial charge < -0.3 is 0 Å². The molecule has 1 fully saturated rings. The second kappa shape index (κ2) is 2.68. The number of hydrazine groups is 1. The van der Waals surface area contributed by atoms with Gasteiger partial charge in [-0.2, -0.15) is 17.7 Å². The van der Waals surface area contributed by atoms with E-state index in [-0.39, 0.29) is 5.54 Å². The molecular weight excluding hydrogens is 158 g/mol. The summed E-state index contributed by atoms with van der Waals surface area (Å²) in [6.45, 7) is 0. The molecule has 0 atom stereocenters. The van der Waals surface area contributed by atoms with Crippen molar-refractivity contribution in [1.29, 1.82) is 0 Å². The SMILES string of the molecule is SC1CCC2(C=NNN2)CC1. The first-order chi connectivity index (χ1) is 5.31. The van der Waals surface area contributed by atoms with E-state index in [9.17, 15) is 0 Å². The van der Waals surface area contributed by atoms with Gasteiger partial charge in [0.05, 0.1) is 5.54 Å². The maximum atomic E-state index is 4.44. The summed E-state index contributed by atoms with van der Waals surface area (Å²) in [6.07, 6.45) is 6.66. The van der Waals surface area contributed by atoms with Crippen molar-refractivity contribution in [3.8, 4) is 0 Å². The van der Waals surface area contributed by atoms with E-state index in [4.69, 9.17) is 0 Å². The second-order valence-electron chi connectivity index (χ2n) is 3.38. The van der Waals surface area contributed by atoms with Crippen LogP contribution < -0.4 is 11.0 Å². The van der Waals surface area contributed by atoms with Crippen molar-refractivity contribution in [2.24, 2.45) is 5.10 Å². The molecule has 2 N–H and O–H groups in total. The zero-order chi connectivity index (χ0) is 7.73. The molecule has 1 aliphatic carbocycles. The molecule has 1 spiro atoms. The Morgan fingerprint density at radius 1 is 1.45 bits per heavy atom. The summed E-state index contributed by atoms with van der Waals surface area (Å²) in [6, 6.07) is 0. The maximum absolute atomic E-state index is 4.44. The Bertz CT molecular complexity index is 173. The highest BCUT2D eigenvalue weighted by Gasteiger charge is 2.34. The van der Waals surface area contributed by atoms with Crippen LogP contribution in [-0.2, 0) is 0 Å². The predicted molar refractivity (Wildman–Crippen MR) is 48.7 cm³/mol. The number of thiol groups is 1. The van der Waals surface area contributed by atoms with E-state index in [0.717, 1.165) is 12.8 Å². The van der Waals surface area contributed by atoms with Crippen LogP contribution in [0.15, 0.2) is 5.10 Å². The van der Waals surface area contributed by atoms with E-state index in [1.165, 1.54) is 12.8 Å². The average Bonchev–Trinajstić information content (AvgIpc) is 2.45. The van der Waals surface area contributed by atoms with Gasteiger partial charge in [0.1, 0.15) is 0 Å². The van der Waals surface area contributed by atoms with Crippen LogP contribution in [0.25, 0.3) is 0 Å². The van der Waals surface area contributed by atoms with E-state index < -0.39 is 0 Å². The molecule has 62 valence electrons. The minimum absolute atomic E-state index is 0.152. The molecule has 0 bridgehead atoms. The van der Waals surface area contributed by atoms with Gasteiger partial charge in [0.2, 0.25) is 0 Å². The fourth-order valence-corrected chi connectivity index (χ4v) is 1.96. The van der Waals surface area contributed by atoms with Crippen molar-refractivity contribution in [3.63, 3.8) is 0 Å². The van der Waals surface area contributed by atoms with Crippen LogP contribution in [0.4, 0.5) is 0 Å². The fraction of sp³-hybridized carbons (Fsp3) is 0.857. The summed E-state index contributed by atoms with van der Waals surface area (Å²) in [5, 5.41) is 4.57. The van der Waals surface area contributed by atoms with Crippen LogP contribution in [-0.4, -0.2) is 17.0 Å². The van der Waals surface area contributed by atoms with Crippen molar-refractivity contribution in [3.05, 3.63) is 0 Å². The van der Waals surface area contributed by atoms with E-state index in [0.29, 0.717) is 5.25 Å². The predicted octanol–water partition coefficient (Wildman–Crippen LogP) is 0.691. The Morgan fingerprint density at radius 3 is 2.73 bits per heavy atom. The number of nitrogens with zero attached hydrogens (tertiary/aromatic N) is 1. The molecule has 2 rings (SSSR count). The van der Waals surface area contributed by atoms with Crippen molar-refractivity contribution in [1.82, 2.24) is 11.0 Å². The summed E-state index contributed by atoms with van der Waals surface area (Å²) < 4.78 is 0.